The third kappa shape index (κ3) is 3.31. The number of pyridine rings is 1. The SMILES string of the molecule is CC(C)C(C)OC(=O)c1ccnc(CN)c1. The minimum Gasteiger partial charge on any atom is -0.459 e. The molecule has 0 aliphatic carbocycles. The lowest BCUT2D eigenvalue weighted by Crippen LogP contribution is -2.20. The Balaban J connectivity index is 2.72. The van der Waals surface area contributed by atoms with Crippen molar-refractivity contribution < 1.29 is 9.53 Å². The van der Waals surface area contributed by atoms with E-state index in [0.29, 0.717) is 23.7 Å². The van der Waals surface area contributed by atoms with Crippen LogP contribution < -0.4 is 5.73 Å². The minimum atomic E-state index is -0.321. The minimum absolute atomic E-state index is 0.0954. The van der Waals surface area contributed by atoms with Crippen LogP contribution in [0.2, 0.25) is 0 Å². The number of aromatic nitrogens is 1. The first-order valence-corrected chi connectivity index (χ1v) is 5.40. The number of esters is 1. The number of ether oxygens (including phenoxy) is 1. The van der Waals surface area contributed by atoms with E-state index in [4.69, 9.17) is 10.5 Å². The highest BCUT2D eigenvalue weighted by atomic mass is 16.5. The zero-order valence-corrected chi connectivity index (χ0v) is 9.93. The average molecular weight is 222 g/mol. The van der Waals surface area contributed by atoms with Crippen LogP contribution in [0, 0.1) is 5.92 Å². The Labute approximate surface area is 95.8 Å². The summed E-state index contributed by atoms with van der Waals surface area (Å²) in [5.74, 6) is -0.0157. The van der Waals surface area contributed by atoms with E-state index < -0.39 is 0 Å². The summed E-state index contributed by atoms with van der Waals surface area (Å²) in [5, 5.41) is 0. The van der Waals surface area contributed by atoms with Crippen LogP contribution >= 0.6 is 0 Å². The number of nitrogens with two attached hydrogens (primary N) is 1. The lowest BCUT2D eigenvalue weighted by Gasteiger charge is -2.16. The molecule has 88 valence electrons. The van der Waals surface area contributed by atoms with Gasteiger partial charge in [0.1, 0.15) is 6.10 Å². The Kier molecular flexibility index (Phi) is 4.43. The fourth-order valence-electron chi connectivity index (χ4n) is 1.09. The maximum Gasteiger partial charge on any atom is 0.338 e. The van der Waals surface area contributed by atoms with E-state index in [1.54, 1.807) is 18.3 Å². The van der Waals surface area contributed by atoms with Crippen LogP contribution in [-0.2, 0) is 11.3 Å². The van der Waals surface area contributed by atoms with Crippen molar-refractivity contribution in [1.29, 1.82) is 0 Å². The van der Waals surface area contributed by atoms with E-state index in [1.165, 1.54) is 0 Å². The van der Waals surface area contributed by atoms with E-state index in [0.717, 1.165) is 0 Å². The van der Waals surface area contributed by atoms with Gasteiger partial charge in [0.2, 0.25) is 0 Å². The molecule has 4 heteroatoms. The third-order valence-corrected chi connectivity index (χ3v) is 2.49. The molecule has 1 unspecified atom stereocenters. The summed E-state index contributed by atoms with van der Waals surface area (Å²) in [6, 6.07) is 3.30. The average Bonchev–Trinajstić information content (AvgIpc) is 2.28. The van der Waals surface area contributed by atoms with Crippen molar-refractivity contribution in [2.75, 3.05) is 0 Å². The van der Waals surface area contributed by atoms with E-state index in [2.05, 4.69) is 4.98 Å². The molecule has 0 saturated carbocycles. The molecule has 1 aromatic rings. The van der Waals surface area contributed by atoms with Crippen molar-refractivity contribution in [1.82, 2.24) is 4.98 Å². The molecule has 0 aliphatic heterocycles. The number of carbonyl (C=O) groups excluding carboxylic acids is 1. The highest BCUT2D eigenvalue weighted by Crippen LogP contribution is 2.10. The smallest absolute Gasteiger partial charge is 0.338 e. The Morgan fingerprint density at radius 2 is 2.19 bits per heavy atom. The van der Waals surface area contributed by atoms with Crippen molar-refractivity contribution in [3.8, 4) is 0 Å². The highest BCUT2D eigenvalue weighted by Gasteiger charge is 2.14. The molecular formula is C12H18N2O2. The lowest BCUT2D eigenvalue weighted by molar-refractivity contribution is 0.0238. The second-order valence-corrected chi connectivity index (χ2v) is 4.09. The van der Waals surface area contributed by atoms with Crippen molar-refractivity contribution in [2.24, 2.45) is 11.7 Å². The van der Waals surface area contributed by atoms with Crippen molar-refractivity contribution >= 4 is 5.97 Å². The summed E-state index contributed by atoms with van der Waals surface area (Å²) in [5.41, 5.74) is 6.64. The lowest BCUT2D eigenvalue weighted by atomic mass is 10.1. The molecular weight excluding hydrogens is 204 g/mol. The van der Waals surface area contributed by atoms with Crippen molar-refractivity contribution in [3.05, 3.63) is 29.6 Å². The van der Waals surface area contributed by atoms with Crippen molar-refractivity contribution in [2.45, 2.75) is 33.4 Å². The third-order valence-electron chi connectivity index (χ3n) is 2.49. The second kappa shape index (κ2) is 5.61. The summed E-state index contributed by atoms with van der Waals surface area (Å²) < 4.78 is 5.29. The van der Waals surface area contributed by atoms with Gasteiger partial charge in [0, 0.05) is 12.7 Å². The summed E-state index contributed by atoms with van der Waals surface area (Å²) in [4.78, 5) is 15.8. The molecule has 1 heterocycles. The molecule has 16 heavy (non-hydrogen) atoms. The number of nitrogens with zero attached hydrogens (tertiary/aromatic N) is 1. The molecule has 0 amide bonds. The first-order valence-electron chi connectivity index (χ1n) is 5.40. The molecule has 0 aromatic carbocycles. The van der Waals surface area contributed by atoms with Gasteiger partial charge in [-0.1, -0.05) is 13.8 Å². The molecule has 1 rings (SSSR count). The highest BCUT2D eigenvalue weighted by molar-refractivity contribution is 5.89. The molecule has 0 aliphatic rings. The fraction of sp³-hybridized carbons (Fsp3) is 0.500. The summed E-state index contributed by atoms with van der Waals surface area (Å²) in [6.07, 6.45) is 1.47. The van der Waals surface area contributed by atoms with Gasteiger partial charge < -0.3 is 10.5 Å². The monoisotopic (exact) mass is 222 g/mol. The quantitative estimate of drug-likeness (QED) is 0.788. The van der Waals surface area contributed by atoms with Crippen LogP contribution in [-0.4, -0.2) is 17.1 Å². The Morgan fingerprint density at radius 1 is 1.50 bits per heavy atom. The zero-order chi connectivity index (χ0) is 12.1. The summed E-state index contributed by atoms with van der Waals surface area (Å²) in [6.45, 7) is 6.22. The Hall–Kier alpha value is -1.42. The molecule has 1 aromatic heterocycles. The number of hydrogen-bond donors (Lipinski definition) is 1. The molecule has 0 bridgehead atoms. The van der Waals surface area contributed by atoms with Gasteiger partial charge in [-0.05, 0) is 25.0 Å². The number of rotatable bonds is 4. The normalized spacial score (nSPS) is 12.6. The fourth-order valence-corrected chi connectivity index (χ4v) is 1.09. The summed E-state index contributed by atoms with van der Waals surface area (Å²) in [7, 11) is 0. The van der Waals surface area contributed by atoms with Gasteiger partial charge in [0.15, 0.2) is 0 Å². The van der Waals surface area contributed by atoms with Gasteiger partial charge in [0.05, 0.1) is 11.3 Å². The van der Waals surface area contributed by atoms with Crippen LogP contribution in [0.25, 0.3) is 0 Å². The van der Waals surface area contributed by atoms with Crippen LogP contribution in [0.1, 0.15) is 36.8 Å². The summed E-state index contributed by atoms with van der Waals surface area (Å²) >= 11 is 0. The van der Waals surface area contributed by atoms with Crippen LogP contribution in [0.5, 0.6) is 0 Å². The first kappa shape index (κ1) is 12.6. The van der Waals surface area contributed by atoms with Gasteiger partial charge in [0.25, 0.3) is 0 Å². The molecule has 0 saturated heterocycles. The molecule has 0 spiro atoms. The van der Waals surface area contributed by atoms with E-state index >= 15 is 0 Å². The first-order chi connectivity index (χ1) is 7.54. The van der Waals surface area contributed by atoms with Crippen LogP contribution in [0.15, 0.2) is 18.3 Å². The predicted octanol–water partition coefficient (Wildman–Crippen LogP) is 1.74. The molecule has 2 N–H and O–H groups in total. The van der Waals surface area contributed by atoms with Crippen LogP contribution in [0.4, 0.5) is 0 Å². The van der Waals surface area contributed by atoms with Gasteiger partial charge in [-0.25, -0.2) is 4.79 Å². The second-order valence-electron chi connectivity index (χ2n) is 4.09. The standard InChI is InChI=1S/C12H18N2O2/c1-8(2)9(3)16-12(15)10-4-5-14-11(6-10)7-13/h4-6,8-9H,7,13H2,1-3H3. The largest absolute Gasteiger partial charge is 0.459 e. The van der Waals surface area contributed by atoms with E-state index in [-0.39, 0.29) is 12.1 Å². The van der Waals surface area contributed by atoms with Gasteiger partial charge >= 0.3 is 5.97 Å². The number of carbonyl (C=O) groups is 1. The number of hydrogen-bond acceptors (Lipinski definition) is 4. The molecule has 4 nitrogen and oxygen atoms in total. The van der Waals surface area contributed by atoms with Crippen molar-refractivity contribution in [3.63, 3.8) is 0 Å². The van der Waals surface area contributed by atoms with Crippen LogP contribution in [0.3, 0.4) is 0 Å². The maximum absolute atomic E-state index is 11.7. The van der Waals surface area contributed by atoms with E-state index in [1.807, 2.05) is 20.8 Å². The predicted molar refractivity (Wildman–Crippen MR) is 61.8 cm³/mol. The molecule has 0 radical (unpaired) electrons. The Morgan fingerprint density at radius 3 is 2.75 bits per heavy atom. The van der Waals surface area contributed by atoms with Gasteiger partial charge in [-0.3, -0.25) is 4.98 Å². The maximum atomic E-state index is 11.7. The zero-order valence-electron chi connectivity index (χ0n) is 9.93. The van der Waals surface area contributed by atoms with Gasteiger partial charge in [-0.15, -0.1) is 0 Å². The van der Waals surface area contributed by atoms with E-state index in [9.17, 15) is 4.79 Å². The van der Waals surface area contributed by atoms with Gasteiger partial charge in [-0.2, -0.15) is 0 Å². The molecule has 1 atom stereocenters. The topological polar surface area (TPSA) is 65.2 Å². The molecule has 0 fully saturated rings. The Bertz CT molecular complexity index is 364.